The van der Waals surface area contributed by atoms with Crippen LogP contribution >= 0.6 is 0 Å². The number of aromatic carboxylic acids is 1. The number of hydrogen-bond donors (Lipinski definition) is 3. The van der Waals surface area contributed by atoms with Crippen molar-refractivity contribution in [2.24, 2.45) is 7.05 Å². The minimum absolute atomic E-state index is 0.0327. The van der Waals surface area contributed by atoms with Crippen LogP contribution in [0.5, 0.6) is 5.75 Å². The predicted molar refractivity (Wildman–Crippen MR) is 61.7 cm³/mol. The van der Waals surface area contributed by atoms with Gasteiger partial charge in [0.25, 0.3) is 0 Å². The molecule has 0 saturated heterocycles. The summed E-state index contributed by atoms with van der Waals surface area (Å²) in [5.41, 5.74) is 6.18. The summed E-state index contributed by atoms with van der Waals surface area (Å²) in [5.74, 6) is -1.02. The van der Waals surface area contributed by atoms with Crippen molar-refractivity contribution in [3.8, 4) is 16.9 Å². The third-order valence-corrected chi connectivity index (χ3v) is 2.47. The number of aromatic nitrogens is 2. The lowest BCUT2D eigenvalue weighted by Gasteiger charge is -2.04. The van der Waals surface area contributed by atoms with Crippen molar-refractivity contribution in [3.05, 3.63) is 30.0 Å². The number of phenols is 1. The van der Waals surface area contributed by atoms with E-state index >= 15 is 0 Å². The van der Waals surface area contributed by atoms with Crippen LogP contribution in [0.25, 0.3) is 11.1 Å². The molecule has 0 spiro atoms. The van der Waals surface area contributed by atoms with E-state index in [-0.39, 0.29) is 22.8 Å². The molecule has 0 aliphatic carbocycles. The van der Waals surface area contributed by atoms with E-state index in [4.69, 9.17) is 10.8 Å². The first-order chi connectivity index (χ1) is 8.02. The molecule has 2 rings (SSSR count). The number of benzene rings is 1. The molecular weight excluding hydrogens is 222 g/mol. The van der Waals surface area contributed by atoms with E-state index in [1.165, 1.54) is 10.7 Å². The van der Waals surface area contributed by atoms with E-state index in [0.717, 1.165) is 0 Å². The van der Waals surface area contributed by atoms with Crippen LogP contribution < -0.4 is 5.73 Å². The lowest BCUT2D eigenvalue weighted by Crippen LogP contribution is -2.00. The van der Waals surface area contributed by atoms with E-state index in [0.29, 0.717) is 5.56 Å². The monoisotopic (exact) mass is 233 g/mol. The highest BCUT2D eigenvalue weighted by atomic mass is 16.4. The van der Waals surface area contributed by atoms with Crippen molar-refractivity contribution >= 4 is 11.8 Å². The SMILES string of the molecule is Cn1nc(C(=O)O)c(-c2ccccc2O)c1N. The van der Waals surface area contributed by atoms with Gasteiger partial charge in [0.2, 0.25) is 0 Å². The molecule has 2 aromatic rings. The molecule has 17 heavy (non-hydrogen) atoms. The van der Waals surface area contributed by atoms with Gasteiger partial charge >= 0.3 is 5.97 Å². The van der Waals surface area contributed by atoms with E-state index in [2.05, 4.69) is 5.10 Å². The summed E-state index contributed by atoms with van der Waals surface area (Å²) in [6.07, 6.45) is 0. The maximum atomic E-state index is 11.1. The van der Waals surface area contributed by atoms with Gasteiger partial charge in [-0.25, -0.2) is 4.79 Å². The summed E-state index contributed by atoms with van der Waals surface area (Å²) in [6, 6.07) is 6.39. The number of carboxylic acid groups (broad SMARTS) is 1. The lowest BCUT2D eigenvalue weighted by atomic mass is 10.0. The summed E-state index contributed by atoms with van der Waals surface area (Å²) >= 11 is 0. The highest BCUT2D eigenvalue weighted by Crippen LogP contribution is 2.35. The highest BCUT2D eigenvalue weighted by molar-refractivity contribution is 5.98. The van der Waals surface area contributed by atoms with Gasteiger partial charge in [-0.1, -0.05) is 18.2 Å². The van der Waals surface area contributed by atoms with Gasteiger partial charge in [-0.05, 0) is 6.07 Å². The van der Waals surface area contributed by atoms with Crippen molar-refractivity contribution < 1.29 is 15.0 Å². The van der Waals surface area contributed by atoms with Crippen molar-refractivity contribution in [2.45, 2.75) is 0 Å². The molecule has 0 fully saturated rings. The minimum atomic E-state index is -1.18. The van der Waals surface area contributed by atoms with Crippen LogP contribution in [-0.4, -0.2) is 26.0 Å². The zero-order chi connectivity index (χ0) is 12.6. The molecule has 0 atom stereocenters. The van der Waals surface area contributed by atoms with Crippen LogP contribution in [0.4, 0.5) is 5.82 Å². The number of carbonyl (C=O) groups is 1. The molecule has 0 radical (unpaired) electrons. The zero-order valence-corrected chi connectivity index (χ0v) is 9.08. The van der Waals surface area contributed by atoms with Gasteiger partial charge in [0.05, 0.1) is 5.56 Å². The first-order valence-corrected chi connectivity index (χ1v) is 4.86. The fourth-order valence-electron chi connectivity index (χ4n) is 1.64. The number of nitrogens with two attached hydrogens (primary N) is 1. The van der Waals surface area contributed by atoms with Crippen molar-refractivity contribution in [1.29, 1.82) is 0 Å². The maximum absolute atomic E-state index is 11.1. The zero-order valence-electron chi connectivity index (χ0n) is 9.08. The molecular formula is C11H11N3O3. The third kappa shape index (κ3) is 1.69. The summed E-state index contributed by atoms with van der Waals surface area (Å²) < 4.78 is 1.27. The van der Waals surface area contributed by atoms with Crippen LogP contribution in [-0.2, 0) is 7.05 Å². The van der Waals surface area contributed by atoms with Crippen LogP contribution in [0, 0.1) is 0 Å². The second-order valence-corrected chi connectivity index (χ2v) is 3.55. The second-order valence-electron chi connectivity index (χ2n) is 3.55. The van der Waals surface area contributed by atoms with Crippen molar-refractivity contribution in [1.82, 2.24) is 9.78 Å². The maximum Gasteiger partial charge on any atom is 0.357 e. The number of aryl methyl sites for hydroxylation is 1. The number of anilines is 1. The Bertz CT molecular complexity index is 590. The van der Waals surface area contributed by atoms with Gasteiger partial charge in [-0.3, -0.25) is 4.68 Å². The van der Waals surface area contributed by atoms with Gasteiger partial charge in [0, 0.05) is 12.6 Å². The lowest BCUT2D eigenvalue weighted by molar-refractivity contribution is 0.0690. The number of aromatic hydroxyl groups is 1. The molecule has 0 amide bonds. The fourth-order valence-corrected chi connectivity index (χ4v) is 1.64. The summed E-state index contributed by atoms with van der Waals surface area (Å²) in [5, 5.41) is 22.6. The molecule has 0 bridgehead atoms. The van der Waals surface area contributed by atoms with Crippen molar-refractivity contribution in [3.63, 3.8) is 0 Å². The molecule has 88 valence electrons. The van der Waals surface area contributed by atoms with Gasteiger partial charge in [-0.15, -0.1) is 0 Å². The van der Waals surface area contributed by atoms with E-state index < -0.39 is 5.97 Å². The number of nitrogen functional groups attached to an aromatic ring is 1. The Kier molecular flexibility index (Phi) is 2.47. The average molecular weight is 233 g/mol. The molecule has 1 heterocycles. The normalized spacial score (nSPS) is 10.4. The first-order valence-electron chi connectivity index (χ1n) is 4.86. The smallest absolute Gasteiger partial charge is 0.357 e. The number of hydrogen-bond acceptors (Lipinski definition) is 4. The number of nitrogens with zero attached hydrogens (tertiary/aromatic N) is 2. The Morgan fingerprint density at radius 1 is 1.41 bits per heavy atom. The average Bonchev–Trinajstić information content (AvgIpc) is 2.57. The molecule has 0 saturated carbocycles. The predicted octanol–water partition coefficient (Wildman–Crippen LogP) is 1.07. The largest absolute Gasteiger partial charge is 0.507 e. The third-order valence-electron chi connectivity index (χ3n) is 2.47. The fraction of sp³-hybridized carbons (Fsp3) is 0.0909. The minimum Gasteiger partial charge on any atom is -0.507 e. The Morgan fingerprint density at radius 3 is 2.65 bits per heavy atom. The van der Waals surface area contributed by atoms with Crippen LogP contribution in [0.3, 0.4) is 0 Å². The Labute approximate surface area is 96.9 Å². The van der Waals surface area contributed by atoms with E-state index in [1.54, 1.807) is 25.2 Å². The molecule has 0 unspecified atom stereocenters. The summed E-state index contributed by atoms with van der Waals surface area (Å²) in [6.45, 7) is 0. The Balaban J connectivity index is 2.75. The number of phenolic OH excluding ortho intramolecular Hbond substituents is 1. The quantitative estimate of drug-likeness (QED) is 0.720. The van der Waals surface area contributed by atoms with Gasteiger partial charge < -0.3 is 15.9 Å². The highest BCUT2D eigenvalue weighted by Gasteiger charge is 2.22. The van der Waals surface area contributed by atoms with Crippen LogP contribution in [0.1, 0.15) is 10.5 Å². The number of para-hydroxylation sites is 1. The molecule has 1 aromatic heterocycles. The number of carboxylic acids is 1. The first kappa shape index (κ1) is 11.0. The number of rotatable bonds is 2. The van der Waals surface area contributed by atoms with Gasteiger partial charge in [0.1, 0.15) is 11.6 Å². The van der Waals surface area contributed by atoms with E-state index in [9.17, 15) is 9.90 Å². The molecule has 4 N–H and O–H groups in total. The molecule has 1 aromatic carbocycles. The Morgan fingerprint density at radius 2 is 2.06 bits per heavy atom. The van der Waals surface area contributed by atoms with Crippen LogP contribution in [0.2, 0.25) is 0 Å². The molecule has 6 heteroatoms. The Hall–Kier alpha value is -2.50. The van der Waals surface area contributed by atoms with Gasteiger partial charge in [0.15, 0.2) is 5.69 Å². The molecule has 0 aliphatic rings. The van der Waals surface area contributed by atoms with Gasteiger partial charge in [-0.2, -0.15) is 5.10 Å². The topological polar surface area (TPSA) is 101 Å². The molecule has 0 aliphatic heterocycles. The summed E-state index contributed by atoms with van der Waals surface area (Å²) in [7, 11) is 1.55. The van der Waals surface area contributed by atoms with E-state index in [1.807, 2.05) is 0 Å². The standard InChI is InChI=1S/C11H11N3O3/c1-14-10(12)8(9(13-14)11(16)17)6-4-2-3-5-7(6)15/h2-5,15H,12H2,1H3,(H,16,17). The second kappa shape index (κ2) is 3.82. The summed E-state index contributed by atoms with van der Waals surface area (Å²) in [4.78, 5) is 11.1. The van der Waals surface area contributed by atoms with Crippen molar-refractivity contribution in [2.75, 3.05) is 5.73 Å². The van der Waals surface area contributed by atoms with Crippen LogP contribution in [0.15, 0.2) is 24.3 Å². The molecule has 6 nitrogen and oxygen atoms in total.